The first-order valence-electron chi connectivity index (χ1n) is 15.6. The lowest BCUT2D eigenvalue weighted by Crippen LogP contribution is -1.98. The number of unbranched alkanes of at least 4 members (excludes halogenated alkanes) is 2. The number of rotatable bonds is 4. The Morgan fingerprint density at radius 1 is 0.837 bits per heavy atom. The first kappa shape index (κ1) is 49.6. The van der Waals surface area contributed by atoms with Crippen LogP contribution < -0.4 is 0 Å². The van der Waals surface area contributed by atoms with E-state index < -0.39 is 0 Å². The van der Waals surface area contributed by atoms with Gasteiger partial charge < -0.3 is 4.42 Å². The summed E-state index contributed by atoms with van der Waals surface area (Å²) in [7, 11) is 0. The molecule has 0 atom stereocenters. The molecule has 0 bridgehead atoms. The van der Waals surface area contributed by atoms with Crippen LogP contribution in [0.15, 0.2) is 100 Å². The summed E-state index contributed by atoms with van der Waals surface area (Å²) in [5, 5.41) is 0.875. The van der Waals surface area contributed by atoms with Gasteiger partial charge in [-0.15, -0.1) is 26.0 Å². The molecule has 1 aliphatic heterocycles. The van der Waals surface area contributed by atoms with Crippen molar-refractivity contribution in [1.29, 1.82) is 0 Å². The molecule has 1 aromatic carbocycles. The number of hydrogen-bond donors (Lipinski definition) is 0. The number of hydrogen-bond acceptors (Lipinski definition) is 2. The van der Waals surface area contributed by atoms with Crippen molar-refractivity contribution >= 4 is 17.3 Å². The molecule has 0 amide bonds. The second kappa shape index (κ2) is 41.1. The zero-order chi connectivity index (χ0) is 34.5. The van der Waals surface area contributed by atoms with Crippen LogP contribution in [0, 0.1) is 12.8 Å². The van der Waals surface area contributed by atoms with E-state index in [-0.39, 0.29) is 0 Å². The van der Waals surface area contributed by atoms with E-state index in [1.807, 2.05) is 84.1 Å². The number of halogens is 1. The average Bonchev–Trinajstić information content (AvgIpc) is 3.53. The van der Waals surface area contributed by atoms with Crippen LogP contribution in [0.1, 0.15) is 127 Å². The number of furan rings is 1. The van der Waals surface area contributed by atoms with E-state index in [0.29, 0.717) is 0 Å². The van der Waals surface area contributed by atoms with Gasteiger partial charge in [0.25, 0.3) is 0 Å². The highest BCUT2D eigenvalue weighted by Gasteiger charge is 1.99. The van der Waals surface area contributed by atoms with Crippen LogP contribution in [-0.4, -0.2) is 5.71 Å². The monoisotopic (exact) mass is 611 g/mol. The first-order chi connectivity index (χ1) is 20.4. The summed E-state index contributed by atoms with van der Waals surface area (Å²) in [6, 6.07) is 11.8. The van der Waals surface area contributed by atoms with Crippen molar-refractivity contribution in [3.63, 3.8) is 0 Å². The molecular formula is C40H66ClNO. The highest BCUT2D eigenvalue weighted by Crippen LogP contribution is 2.14. The van der Waals surface area contributed by atoms with Crippen LogP contribution in [0.2, 0.25) is 5.02 Å². The van der Waals surface area contributed by atoms with Crippen LogP contribution in [0.5, 0.6) is 0 Å². The molecule has 0 fully saturated rings. The third-order valence-corrected chi connectivity index (χ3v) is 5.16. The number of aliphatic imine (C=N–C) groups is 1. The molecule has 2 heterocycles. The van der Waals surface area contributed by atoms with Gasteiger partial charge in [0.15, 0.2) is 0 Å². The van der Waals surface area contributed by atoms with Crippen molar-refractivity contribution in [2.24, 2.45) is 4.99 Å². The number of allylic oxidation sites excluding steroid dienone is 5. The third-order valence-electron chi connectivity index (χ3n) is 4.79. The van der Waals surface area contributed by atoms with Gasteiger partial charge in [-0.25, -0.2) is 0 Å². The molecule has 244 valence electrons. The Balaban J connectivity index is -0.000000134. The van der Waals surface area contributed by atoms with Crippen molar-refractivity contribution in [3.8, 4) is 12.8 Å². The van der Waals surface area contributed by atoms with E-state index >= 15 is 0 Å². The van der Waals surface area contributed by atoms with Crippen molar-refractivity contribution < 1.29 is 4.42 Å². The molecule has 43 heavy (non-hydrogen) atoms. The smallest absolute Gasteiger partial charge is 0.103 e. The Morgan fingerprint density at radius 2 is 1.30 bits per heavy atom. The first-order valence-corrected chi connectivity index (χ1v) is 16.0. The van der Waals surface area contributed by atoms with E-state index in [4.69, 9.17) is 16.0 Å². The standard InChI is InChI=1S/C8H9Cl.C8H11N.C6H8O.2C4H8.2C4H10.C2H2/c1-2-7-5-3-4-6-8(7)9;1-3-8-5-4-6-9-7(8)2;1-2-6-4-3-5-7-6;2*1-4(2)3;2*1-3-4-2;1-2/h3-6H,2H2,1H3;3-4,6H,5H2,1-2H3;3-5H,2H2,1H3;2*1H2,2-3H3;2*3-4H2,1-2H3;1-2H/b;8-3+;;;;;;. The van der Waals surface area contributed by atoms with Gasteiger partial charge in [0.2, 0.25) is 0 Å². The Morgan fingerprint density at radius 3 is 1.53 bits per heavy atom. The van der Waals surface area contributed by atoms with Crippen LogP contribution in [0.25, 0.3) is 0 Å². The number of nitrogens with zero attached hydrogens (tertiary/aromatic N) is 1. The van der Waals surface area contributed by atoms with Gasteiger partial charge in [-0.1, -0.05) is 120 Å². The second-order valence-electron chi connectivity index (χ2n) is 9.91. The molecule has 0 saturated heterocycles. The molecule has 0 unspecified atom stereocenters. The Bertz CT molecular complexity index is 947. The lowest BCUT2D eigenvalue weighted by Gasteiger charge is -2.05. The molecule has 1 aromatic heterocycles. The van der Waals surface area contributed by atoms with E-state index in [2.05, 4.69) is 84.7 Å². The summed E-state index contributed by atoms with van der Waals surface area (Å²) in [4.78, 5) is 4.15. The summed E-state index contributed by atoms with van der Waals surface area (Å²) in [5.74, 6) is 1.06. The summed E-state index contributed by atoms with van der Waals surface area (Å²) in [6.45, 7) is 32.0. The van der Waals surface area contributed by atoms with Gasteiger partial charge in [-0.2, -0.15) is 0 Å². The quantitative estimate of drug-likeness (QED) is 0.249. The van der Waals surface area contributed by atoms with E-state index in [9.17, 15) is 0 Å². The molecule has 1 aliphatic rings. The van der Waals surface area contributed by atoms with Crippen molar-refractivity contribution in [2.45, 2.75) is 128 Å². The zero-order valence-electron chi connectivity index (χ0n) is 30.0. The minimum absolute atomic E-state index is 0.875. The molecule has 0 radical (unpaired) electrons. The highest BCUT2D eigenvalue weighted by molar-refractivity contribution is 6.31. The predicted molar refractivity (Wildman–Crippen MR) is 202 cm³/mol. The minimum atomic E-state index is 0.875. The van der Waals surface area contributed by atoms with Crippen LogP contribution in [0.3, 0.4) is 0 Å². The summed E-state index contributed by atoms with van der Waals surface area (Å²) >= 11 is 5.82. The topological polar surface area (TPSA) is 25.5 Å². The van der Waals surface area contributed by atoms with Crippen molar-refractivity contribution in [2.75, 3.05) is 0 Å². The lowest BCUT2D eigenvalue weighted by atomic mass is 10.1. The maximum Gasteiger partial charge on any atom is 0.103 e. The third kappa shape index (κ3) is 46.2. The lowest BCUT2D eigenvalue weighted by molar-refractivity contribution is 0.516. The Hall–Kier alpha value is -3.02. The van der Waals surface area contributed by atoms with Gasteiger partial charge in [0, 0.05) is 23.4 Å². The Labute approximate surface area is 274 Å². The maximum atomic E-state index is 5.82. The molecule has 2 aromatic rings. The molecule has 0 saturated carbocycles. The largest absolute Gasteiger partial charge is 0.469 e. The van der Waals surface area contributed by atoms with E-state index in [1.165, 1.54) is 48.0 Å². The summed E-state index contributed by atoms with van der Waals surface area (Å²) < 4.78 is 4.98. The Kier molecular flexibility index (Phi) is 47.5. The average molecular weight is 612 g/mol. The van der Waals surface area contributed by atoms with Crippen LogP contribution in [0.4, 0.5) is 0 Å². The van der Waals surface area contributed by atoms with Crippen molar-refractivity contribution in [1.82, 2.24) is 0 Å². The van der Waals surface area contributed by atoms with Gasteiger partial charge in [0.1, 0.15) is 5.76 Å². The fourth-order valence-corrected chi connectivity index (χ4v) is 2.47. The molecule has 0 spiro atoms. The maximum absolute atomic E-state index is 5.82. The fourth-order valence-electron chi connectivity index (χ4n) is 2.20. The van der Waals surface area contributed by atoms with Gasteiger partial charge >= 0.3 is 0 Å². The summed E-state index contributed by atoms with van der Waals surface area (Å²) in [5.41, 5.74) is 6.05. The fraction of sp³-hybridized carbons (Fsp3) is 0.475. The second-order valence-corrected chi connectivity index (χ2v) is 10.3. The predicted octanol–water partition coefficient (Wildman–Crippen LogP) is 14.1. The number of aryl methyl sites for hydroxylation is 2. The zero-order valence-corrected chi connectivity index (χ0v) is 30.8. The number of terminal acetylenes is 1. The molecule has 0 aliphatic carbocycles. The van der Waals surface area contributed by atoms with Gasteiger partial charge in [0.05, 0.1) is 6.26 Å². The molecule has 0 N–H and O–H groups in total. The highest BCUT2D eigenvalue weighted by atomic mass is 35.5. The molecule has 3 heteroatoms. The molecule has 2 nitrogen and oxygen atoms in total. The van der Waals surface area contributed by atoms with Crippen molar-refractivity contribution in [3.05, 3.63) is 107 Å². The number of benzene rings is 1. The minimum Gasteiger partial charge on any atom is -0.469 e. The SMILES string of the molecule is C#C.C/C=C1\CC=CN=C1C.C=C(C)C.C=C(C)C.CCCC.CCCC.CCc1ccccc1Cl.CCc1ccco1. The normalized spacial score (nSPS) is 10.9. The van der Waals surface area contributed by atoms with Crippen LogP contribution >= 0.6 is 11.6 Å². The van der Waals surface area contributed by atoms with E-state index in [0.717, 1.165) is 35.8 Å². The summed E-state index contributed by atoms with van der Waals surface area (Å²) in [6.07, 6.45) is 24.1. The van der Waals surface area contributed by atoms with Gasteiger partial charge in [-0.3, -0.25) is 4.99 Å². The van der Waals surface area contributed by atoms with Crippen LogP contribution in [-0.2, 0) is 12.8 Å². The molecule has 3 rings (SSSR count). The van der Waals surface area contributed by atoms with E-state index in [1.54, 1.807) is 6.26 Å². The molecular weight excluding hydrogens is 546 g/mol. The van der Waals surface area contributed by atoms with Gasteiger partial charge in [-0.05, 0) is 83.7 Å².